The van der Waals surface area contributed by atoms with Crippen LogP contribution in [0.5, 0.6) is 0 Å². The second-order valence-corrected chi connectivity index (χ2v) is 4.79. The Morgan fingerprint density at radius 2 is 1.86 bits per heavy atom. The van der Waals surface area contributed by atoms with Gasteiger partial charge in [0.15, 0.2) is 0 Å². The number of nitrogens with one attached hydrogen (secondary N) is 2. The molecule has 0 spiro atoms. The lowest BCUT2D eigenvalue weighted by atomic mass is 10.1. The smallest absolute Gasteiger partial charge is 0.287 e. The molecule has 0 saturated carbocycles. The van der Waals surface area contributed by atoms with Gasteiger partial charge in [0, 0.05) is 24.0 Å². The van der Waals surface area contributed by atoms with Crippen molar-refractivity contribution in [3.8, 4) is 0 Å². The molecule has 8 heteroatoms. The Kier molecular flexibility index (Phi) is 4.99. The van der Waals surface area contributed by atoms with Crippen molar-refractivity contribution in [1.82, 2.24) is 15.8 Å². The highest BCUT2D eigenvalue weighted by Gasteiger charge is 2.35. The molecular weight excluding hydrogens is 319 g/mol. The first-order valence-corrected chi connectivity index (χ1v) is 6.54. The lowest BCUT2D eigenvalue weighted by Gasteiger charge is -2.12. The Morgan fingerprint density at radius 3 is 2.50 bits per heavy atom. The molecule has 0 saturated heterocycles. The van der Waals surface area contributed by atoms with E-state index in [0.717, 1.165) is 24.0 Å². The van der Waals surface area contributed by atoms with Gasteiger partial charge >= 0.3 is 6.18 Å². The van der Waals surface area contributed by atoms with E-state index in [1.807, 2.05) is 0 Å². The Bertz CT molecular complexity index is 659. The number of hydrogen-bond acceptors (Lipinski definition) is 3. The van der Waals surface area contributed by atoms with Gasteiger partial charge in [-0.05, 0) is 23.8 Å². The lowest BCUT2D eigenvalue weighted by molar-refractivity contribution is -0.138. The van der Waals surface area contributed by atoms with Crippen molar-refractivity contribution < 1.29 is 18.0 Å². The number of rotatable bonds is 4. The first kappa shape index (κ1) is 16.3. The van der Waals surface area contributed by atoms with Gasteiger partial charge in [-0.3, -0.25) is 15.2 Å². The highest BCUT2D eigenvalue weighted by atomic mass is 35.5. The summed E-state index contributed by atoms with van der Waals surface area (Å²) >= 11 is 5.73. The molecule has 0 aliphatic carbocycles. The van der Waals surface area contributed by atoms with Crippen LogP contribution < -0.4 is 10.9 Å². The summed E-state index contributed by atoms with van der Waals surface area (Å²) in [6, 6.07) is 7.56. The van der Waals surface area contributed by atoms with Crippen LogP contribution in [0.2, 0.25) is 5.02 Å². The fraction of sp³-hybridized carbons (Fsp3) is 0.143. The third-order valence-corrected chi connectivity index (χ3v) is 3.03. The molecule has 2 aromatic rings. The zero-order valence-electron chi connectivity index (χ0n) is 11.1. The van der Waals surface area contributed by atoms with Gasteiger partial charge in [0.2, 0.25) is 0 Å². The van der Waals surface area contributed by atoms with E-state index in [2.05, 4.69) is 15.8 Å². The fourth-order valence-corrected chi connectivity index (χ4v) is 1.84. The summed E-state index contributed by atoms with van der Waals surface area (Å²) in [5.41, 5.74) is 4.01. The van der Waals surface area contributed by atoms with Crippen molar-refractivity contribution in [3.63, 3.8) is 0 Å². The third-order valence-electron chi connectivity index (χ3n) is 2.78. The van der Waals surface area contributed by atoms with Crippen LogP contribution in [0.25, 0.3) is 0 Å². The number of nitrogens with zero attached hydrogens (tertiary/aromatic N) is 1. The fourth-order valence-electron chi connectivity index (χ4n) is 1.72. The average Bonchev–Trinajstić information content (AvgIpc) is 2.48. The van der Waals surface area contributed by atoms with Crippen LogP contribution in [-0.4, -0.2) is 10.9 Å². The van der Waals surface area contributed by atoms with E-state index < -0.39 is 23.2 Å². The molecule has 4 nitrogen and oxygen atoms in total. The minimum absolute atomic E-state index is 0.241. The summed E-state index contributed by atoms with van der Waals surface area (Å²) in [4.78, 5) is 15.4. The number of aromatic nitrogens is 1. The molecule has 1 aromatic heterocycles. The number of hydrogen-bond donors (Lipinski definition) is 2. The van der Waals surface area contributed by atoms with Gasteiger partial charge in [-0.2, -0.15) is 13.2 Å². The third kappa shape index (κ3) is 4.19. The average molecular weight is 330 g/mol. The van der Waals surface area contributed by atoms with E-state index in [9.17, 15) is 18.0 Å². The van der Waals surface area contributed by atoms with Gasteiger partial charge in [-0.1, -0.05) is 23.7 Å². The number of hydrazine groups is 1. The van der Waals surface area contributed by atoms with E-state index in [1.54, 1.807) is 24.3 Å². The van der Waals surface area contributed by atoms with Gasteiger partial charge < -0.3 is 0 Å². The number of carbonyl (C=O) groups is 1. The van der Waals surface area contributed by atoms with E-state index in [-0.39, 0.29) is 6.54 Å². The summed E-state index contributed by atoms with van der Waals surface area (Å²) in [6.45, 7) is 0.241. The molecule has 0 fully saturated rings. The minimum Gasteiger partial charge on any atom is -0.287 e. The summed E-state index contributed by atoms with van der Waals surface area (Å²) in [6.07, 6.45) is -2.76. The highest BCUT2D eigenvalue weighted by Crippen LogP contribution is 2.31. The number of benzene rings is 1. The molecule has 2 N–H and O–H groups in total. The Morgan fingerprint density at radius 1 is 1.18 bits per heavy atom. The number of amides is 1. The van der Waals surface area contributed by atoms with Crippen LogP contribution in [0.15, 0.2) is 42.7 Å². The molecule has 1 aromatic carbocycles. The Balaban J connectivity index is 2.00. The maximum Gasteiger partial charge on any atom is 0.417 e. The van der Waals surface area contributed by atoms with Crippen molar-refractivity contribution in [2.45, 2.75) is 12.7 Å². The molecule has 0 aliphatic rings. The van der Waals surface area contributed by atoms with Gasteiger partial charge in [-0.15, -0.1) is 0 Å². The Hall–Kier alpha value is -2.12. The molecule has 0 atom stereocenters. The van der Waals surface area contributed by atoms with Gasteiger partial charge in [0.1, 0.15) is 0 Å². The lowest BCUT2D eigenvalue weighted by Crippen LogP contribution is -2.37. The van der Waals surface area contributed by atoms with Crippen LogP contribution in [0, 0.1) is 0 Å². The molecule has 1 heterocycles. The predicted molar refractivity (Wildman–Crippen MR) is 75.0 cm³/mol. The molecule has 0 aliphatic heterocycles. The van der Waals surface area contributed by atoms with Crippen LogP contribution >= 0.6 is 11.6 Å². The van der Waals surface area contributed by atoms with Crippen LogP contribution in [0.4, 0.5) is 13.2 Å². The second-order valence-electron chi connectivity index (χ2n) is 4.35. The van der Waals surface area contributed by atoms with Gasteiger partial charge in [-0.25, -0.2) is 5.43 Å². The van der Waals surface area contributed by atoms with E-state index in [4.69, 9.17) is 11.6 Å². The maximum atomic E-state index is 12.8. The van der Waals surface area contributed by atoms with Gasteiger partial charge in [0.25, 0.3) is 5.91 Å². The van der Waals surface area contributed by atoms with E-state index in [1.165, 1.54) is 0 Å². The van der Waals surface area contributed by atoms with Crippen molar-refractivity contribution in [3.05, 3.63) is 64.4 Å². The summed E-state index contributed by atoms with van der Waals surface area (Å²) in [5.74, 6) is -0.908. The number of carbonyl (C=O) groups excluding carboxylic acids is 1. The van der Waals surface area contributed by atoms with Crippen LogP contribution in [-0.2, 0) is 12.7 Å². The van der Waals surface area contributed by atoms with Crippen LogP contribution in [0.1, 0.15) is 21.5 Å². The normalized spacial score (nSPS) is 11.3. The second kappa shape index (κ2) is 6.76. The molecule has 22 heavy (non-hydrogen) atoms. The molecular formula is C14H11ClF3N3O. The number of halogens is 4. The van der Waals surface area contributed by atoms with Crippen molar-refractivity contribution >= 4 is 17.5 Å². The minimum atomic E-state index is -4.62. The summed E-state index contributed by atoms with van der Waals surface area (Å²) in [5, 5.41) is 0.568. The maximum absolute atomic E-state index is 12.8. The monoisotopic (exact) mass is 329 g/mol. The Labute approximate surface area is 129 Å². The molecule has 0 bridgehead atoms. The summed E-state index contributed by atoms with van der Waals surface area (Å²) < 4.78 is 38.4. The van der Waals surface area contributed by atoms with E-state index in [0.29, 0.717) is 5.02 Å². The first-order valence-electron chi connectivity index (χ1n) is 6.17. The molecule has 1 amide bonds. The standard InChI is InChI=1S/C14H11ClF3N3O/c15-10-3-1-9(2-4-10)7-20-21-13(22)11-8-19-6-5-12(11)14(16,17)18/h1-6,8,20H,7H2,(H,21,22). The molecule has 2 rings (SSSR count). The zero-order valence-corrected chi connectivity index (χ0v) is 11.9. The topological polar surface area (TPSA) is 54.0 Å². The largest absolute Gasteiger partial charge is 0.417 e. The SMILES string of the molecule is O=C(NNCc1ccc(Cl)cc1)c1cnccc1C(F)(F)F. The quantitative estimate of drug-likeness (QED) is 0.847. The zero-order chi connectivity index (χ0) is 16.2. The molecule has 0 unspecified atom stereocenters. The highest BCUT2D eigenvalue weighted by molar-refractivity contribution is 6.30. The van der Waals surface area contributed by atoms with Gasteiger partial charge in [0.05, 0.1) is 11.1 Å². The predicted octanol–water partition coefficient (Wildman–Crippen LogP) is 3.19. The van der Waals surface area contributed by atoms with Crippen molar-refractivity contribution in [2.75, 3.05) is 0 Å². The number of alkyl halides is 3. The number of pyridine rings is 1. The van der Waals surface area contributed by atoms with Crippen LogP contribution in [0.3, 0.4) is 0 Å². The molecule has 116 valence electrons. The summed E-state index contributed by atoms with van der Waals surface area (Å²) in [7, 11) is 0. The van der Waals surface area contributed by atoms with Crippen molar-refractivity contribution in [2.24, 2.45) is 0 Å². The molecule has 0 radical (unpaired) electrons. The van der Waals surface area contributed by atoms with Crippen molar-refractivity contribution in [1.29, 1.82) is 0 Å². The van der Waals surface area contributed by atoms with E-state index >= 15 is 0 Å². The first-order chi connectivity index (χ1) is 10.4.